The van der Waals surface area contributed by atoms with E-state index in [1.54, 1.807) is 9.80 Å². The van der Waals surface area contributed by atoms with Crippen LogP contribution >= 0.6 is 23.2 Å². The molecule has 0 spiro atoms. The predicted molar refractivity (Wildman–Crippen MR) is 352 cm³/mol. The second-order valence-corrected chi connectivity index (χ2v) is 28.6. The largest absolute Gasteiger partial charge is 0.416 e. The van der Waals surface area contributed by atoms with Crippen LogP contribution in [0.25, 0.3) is 0 Å². The number of nitrogens with one attached hydrogen (secondary N) is 6. The molecule has 4 fully saturated rings. The van der Waals surface area contributed by atoms with Crippen molar-refractivity contribution in [2.45, 2.75) is 127 Å². The number of rotatable bonds is 18. The SMILES string of the molecule is C[C@@H]1CN(CC(=O)N2CC(C)(C)c3[nH]c(=O)c(Cc4ccc(Cl)cc4C(F)(F)F)cc32)[C@@H](CN2CCO[C@H](C(=O)NCc3ccc(CNC(=O)[C@@H]4CN(C[C@H]5CN[C@H](C)CN5CC(=O)N5CC(C)(C)c6[nH]c(=O)c(Cc7ccc(Cl)cc7C(F)(F)F)cc65)CCO4)cc3)C2)CN1. The highest BCUT2D eigenvalue weighted by atomic mass is 35.5. The third-order valence-corrected chi connectivity index (χ3v) is 19.7. The number of ether oxygens (including phenoxy) is 2. The van der Waals surface area contributed by atoms with Gasteiger partial charge in [0.15, 0.2) is 0 Å². The quantitative estimate of drug-likeness (QED) is 0.0539. The molecule has 0 bridgehead atoms. The van der Waals surface area contributed by atoms with Crippen LogP contribution in [0, 0.1) is 0 Å². The summed E-state index contributed by atoms with van der Waals surface area (Å²) in [6.45, 7) is 18.5. The minimum atomic E-state index is -4.70. The van der Waals surface area contributed by atoms with Crippen LogP contribution in [0.4, 0.5) is 37.7 Å². The summed E-state index contributed by atoms with van der Waals surface area (Å²) in [6, 6.07) is 17.4. The maximum Gasteiger partial charge on any atom is 0.416 e. The van der Waals surface area contributed by atoms with Gasteiger partial charge in [0.25, 0.3) is 22.9 Å². The standard InChI is InChI=1S/C68H82Cl2F6N12O8/c1-39-29-85(35-57(89)87-37-65(3,4)59-53(87)21-45(61(91)81-59)19-43-11-13-47(69)23-51(43)67(71,72)73)49(27-77-39)31-83-15-17-95-55(33-83)63(93)79-25-41-7-9-42(10-8-41)26-80-64(94)56-34-84(16-18-96-56)32-50-28-78-40(2)30-86(50)36-58(90)88-38-66(5,6)60-54(88)22-46(62(92)82-60)20-44-12-14-48(70)24-52(44)68(74,75)76/h7-14,21-24,39-40,49-50,55-56,77-78H,15-20,25-38H2,1-6H3,(H,79,93)(H,80,94)(H,81,91)(H,82,92)/t39-,40-,49-,50-,55+,56+/m1/s1. The van der Waals surface area contributed by atoms with Gasteiger partial charge in [0.1, 0.15) is 12.2 Å². The second-order valence-electron chi connectivity index (χ2n) is 27.7. The summed E-state index contributed by atoms with van der Waals surface area (Å²) in [5, 5.41) is 12.9. The average molecular weight is 1380 g/mol. The number of carbonyl (C=O) groups excluding carboxylic acids is 4. The molecule has 96 heavy (non-hydrogen) atoms. The molecule has 3 aromatic carbocycles. The number of piperazine rings is 2. The first kappa shape index (κ1) is 70.6. The molecule has 28 heteroatoms. The summed E-state index contributed by atoms with van der Waals surface area (Å²) >= 11 is 11.9. The number of fused-ring (bicyclic) bond motifs is 2. The van der Waals surface area contributed by atoms with Gasteiger partial charge in [-0.3, -0.25) is 48.4 Å². The van der Waals surface area contributed by atoms with Crippen molar-refractivity contribution in [1.29, 1.82) is 0 Å². The first-order valence-electron chi connectivity index (χ1n) is 32.5. The van der Waals surface area contributed by atoms with Gasteiger partial charge in [-0.25, -0.2) is 0 Å². The van der Waals surface area contributed by atoms with E-state index in [0.29, 0.717) is 101 Å². The Hall–Kier alpha value is -6.72. The molecule has 0 saturated carbocycles. The number of aromatic nitrogens is 2. The lowest BCUT2D eigenvalue weighted by Gasteiger charge is -2.43. The molecule has 5 aromatic rings. The zero-order valence-corrected chi connectivity index (χ0v) is 56.0. The van der Waals surface area contributed by atoms with E-state index in [0.717, 1.165) is 23.3 Å². The Kier molecular flexibility index (Phi) is 21.0. The molecule has 6 atom stereocenters. The number of nitrogens with zero attached hydrogens (tertiary/aromatic N) is 6. The van der Waals surface area contributed by atoms with Gasteiger partial charge in [-0.1, -0.05) is 87.3 Å². The fraction of sp³-hybridized carbons (Fsp3) is 0.529. The molecular weight excluding hydrogens is 1300 g/mol. The summed E-state index contributed by atoms with van der Waals surface area (Å²) < 4.78 is 96.4. The molecule has 6 aliphatic rings. The maximum absolute atomic E-state index is 14.4. The van der Waals surface area contributed by atoms with Gasteiger partial charge in [-0.2, -0.15) is 26.3 Å². The van der Waals surface area contributed by atoms with Crippen molar-refractivity contribution < 1.29 is 55.0 Å². The molecule has 4 saturated heterocycles. The fourth-order valence-corrected chi connectivity index (χ4v) is 14.5. The minimum absolute atomic E-state index is 0.0446. The highest BCUT2D eigenvalue weighted by Gasteiger charge is 2.45. The van der Waals surface area contributed by atoms with E-state index >= 15 is 0 Å². The first-order chi connectivity index (χ1) is 45.3. The normalized spacial score (nSPS) is 23.4. The van der Waals surface area contributed by atoms with Crippen LogP contribution in [0.1, 0.15) is 97.4 Å². The summed E-state index contributed by atoms with van der Waals surface area (Å²) in [5.74, 6) is -0.980. The summed E-state index contributed by atoms with van der Waals surface area (Å²) in [4.78, 5) is 101. The van der Waals surface area contributed by atoms with Crippen LogP contribution in [0.5, 0.6) is 0 Å². The molecule has 20 nitrogen and oxygen atoms in total. The van der Waals surface area contributed by atoms with Crippen molar-refractivity contribution in [1.82, 2.24) is 50.8 Å². The summed E-state index contributed by atoms with van der Waals surface area (Å²) in [5.41, 5.74) is -0.620. The van der Waals surface area contributed by atoms with Crippen molar-refractivity contribution in [3.63, 3.8) is 0 Å². The number of morpholine rings is 2. The smallest absolute Gasteiger partial charge is 0.366 e. The van der Waals surface area contributed by atoms with E-state index in [4.69, 9.17) is 32.7 Å². The highest BCUT2D eigenvalue weighted by Crippen LogP contribution is 2.42. The number of hydrogen-bond acceptors (Lipinski definition) is 14. The van der Waals surface area contributed by atoms with Gasteiger partial charge in [-0.05, 0) is 72.5 Å². The molecule has 6 N–H and O–H groups in total. The van der Waals surface area contributed by atoms with E-state index in [1.165, 1.54) is 36.4 Å². The van der Waals surface area contributed by atoms with Crippen LogP contribution in [0.3, 0.4) is 0 Å². The number of halogens is 8. The van der Waals surface area contributed by atoms with Crippen molar-refractivity contribution >= 4 is 58.2 Å². The lowest BCUT2D eigenvalue weighted by atomic mass is 9.90. The van der Waals surface area contributed by atoms with Gasteiger partial charge in [0.2, 0.25) is 11.8 Å². The van der Waals surface area contributed by atoms with Crippen LogP contribution in [-0.4, -0.2) is 194 Å². The number of aromatic amines is 2. The Morgan fingerprint density at radius 1 is 0.562 bits per heavy atom. The zero-order valence-electron chi connectivity index (χ0n) is 54.5. The number of carbonyl (C=O) groups is 4. The van der Waals surface area contributed by atoms with Crippen molar-refractivity contribution in [2.75, 3.05) is 115 Å². The van der Waals surface area contributed by atoms with E-state index in [1.807, 2.05) is 65.8 Å². The third-order valence-electron chi connectivity index (χ3n) is 19.3. The maximum atomic E-state index is 14.4. The molecule has 0 aliphatic carbocycles. The number of alkyl halides is 6. The Labute approximate surface area is 562 Å². The Morgan fingerprint density at radius 2 is 0.948 bits per heavy atom. The zero-order chi connectivity index (χ0) is 68.8. The lowest BCUT2D eigenvalue weighted by molar-refractivity contribution is -0.139. The van der Waals surface area contributed by atoms with Crippen LogP contribution in [0.15, 0.2) is 82.4 Å². The number of hydrogen-bond donors (Lipinski definition) is 6. The molecule has 0 unspecified atom stereocenters. The molecule has 0 radical (unpaired) electrons. The van der Waals surface area contributed by atoms with E-state index in [9.17, 15) is 55.1 Å². The Bertz CT molecular complexity index is 3610. The number of benzene rings is 3. The Balaban J connectivity index is 0.639. The molecule has 8 heterocycles. The Morgan fingerprint density at radius 3 is 1.32 bits per heavy atom. The average Bonchev–Trinajstić information content (AvgIpc) is 1.59. The minimum Gasteiger partial charge on any atom is -0.366 e. The van der Waals surface area contributed by atoms with Gasteiger partial charge in [0.05, 0.1) is 48.8 Å². The number of amides is 4. The van der Waals surface area contributed by atoms with Crippen LogP contribution in [-0.2, 0) is 77.8 Å². The molecular formula is C68H82Cl2F6N12O8. The van der Waals surface area contributed by atoms with E-state index < -0.39 is 57.6 Å². The predicted octanol–water partition coefficient (Wildman–Crippen LogP) is 6.20. The fourth-order valence-electron chi connectivity index (χ4n) is 14.1. The van der Waals surface area contributed by atoms with E-state index in [2.05, 4.69) is 50.8 Å². The van der Waals surface area contributed by atoms with Gasteiger partial charge >= 0.3 is 12.4 Å². The number of H-pyrrole nitrogens is 2. The number of pyridine rings is 2. The first-order valence-corrected chi connectivity index (χ1v) is 33.2. The van der Waals surface area contributed by atoms with E-state index in [-0.39, 0.29) is 132 Å². The summed E-state index contributed by atoms with van der Waals surface area (Å²) in [6.07, 6.45) is -11.5. The highest BCUT2D eigenvalue weighted by molar-refractivity contribution is 6.31. The van der Waals surface area contributed by atoms with Crippen molar-refractivity contribution in [3.8, 4) is 0 Å². The lowest BCUT2D eigenvalue weighted by Crippen LogP contribution is -2.62. The van der Waals surface area contributed by atoms with Crippen molar-refractivity contribution in [3.05, 3.63) is 159 Å². The van der Waals surface area contributed by atoms with Gasteiger partial charge < -0.3 is 50.5 Å². The van der Waals surface area contributed by atoms with Gasteiger partial charge in [-0.15, -0.1) is 0 Å². The molecule has 6 aliphatic heterocycles. The molecule has 518 valence electrons. The van der Waals surface area contributed by atoms with Gasteiger partial charge in [0, 0.05) is 172 Å². The molecule has 2 aromatic heterocycles. The third kappa shape index (κ3) is 16.4. The molecule has 4 amide bonds. The van der Waals surface area contributed by atoms with Crippen LogP contribution < -0.4 is 42.2 Å². The van der Waals surface area contributed by atoms with Crippen LogP contribution in [0.2, 0.25) is 10.0 Å². The van der Waals surface area contributed by atoms with Crippen molar-refractivity contribution in [2.24, 2.45) is 0 Å². The number of anilines is 2. The topological polar surface area (TPSA) is 220 Å². The summed E-state index contributed by atoms with van der Waals surface area (Å²) in [7, 11) is 0. The second kappa shape index (κ2) is 28.6. The monoisotopic (exact) mass is 1380 g/mol. The molecule has 11 rings (SSSR count).